The minimum absolute atomic E-state index is 0.0612. The van der Waals surface area contributed by atoms with Gasteiger partial charge in [-0.05, 0) is 48.0 Å². The highest BCUT2D eigenvalue weighted by Gasteiger charge is 2.18. The molecule has 1 aliphatic carbocycles. The van der Waals surface area contributed by atoms with Gasteiger partial charge in [-0.25, -0.2) is 9.97 Å². The van der Waals surface area contributed by atoms with Crippen LogP contribution in [-0.4, -0.2) is 40.0 Å². The number of anilines is 1. The Kier molecular flexibility index (Phi) is 6.68. The molecule has 0 radical (unpaired) electrons. The van der Waals surface area contributed by atoms with Gasteiger partial charge >= 0.3 is 0 Å². The zero-order valence-corrected chi connectivity index (χ0v) is 18.4. The maximum atomic E-state index is 12.8. The van der Waals surface area contributed by atoms with E-state index in [-0.39, 0.29) is 5.78 Å². The molecule has 29 heavy (non-hydrogen) atoms. The molecule has 3 heterocycles. The SMILES string of the molecule is O=C(c1cccs1)c1nc(NCCNC(=S)NC2CCCCC2)nc2ccsc12. The molecule has 0 bridgehead atoms. The lowest BCUT2D eigenvalue weighted by molar-refractivity contribution is 0.103. The number of aromatic nitrogens is 2. The monoisotopic (exact) mass is 445 g/mol. The number of nitrogens with zero attached hydrogens (tertiary/aromatic N) is 2. The van der Waals surface area contributed by atoms with E-state index in [1.54, 1.807) is 0 Å². The third-order valence-electron chi connectivity index (χ3n) is 4.90. The molecule has 0 spiro atoms. The Bertz CT molecular complexity index is 979. The molecular weight excluding hydrogens is 422 g/mol. The Morgan fingerprint density at radius 1 is 1.10 bits per heavy atom. The largest absolute Gasteiger partial charge is 0.361 e. The van der Waals surface area contributed by atoms with Gasteiger partial charge in [-0.1, -0.05) is 25.3 Å². The van der Waals surface area contributed by atoms with Gasteiger partial charge < -0.3 is 16.0 Å². The van der Waals surface area contributed by atoms with Crippen molar-refractivity contribution in [1.82, 2.24) is 20.6 Å². The summed E-state index contributed by atoms with van der Waals surface area (Å²) in [6, 6.07) is 6.11. The number of thiophene rings is 2. The number of ketones is 1. The minimum atomic E-state index is -0.0612. The van der Waals surface area contributed by atoms with Crippen molar-refractivity contribution in [3.8, 4) is 0 Å². The van der Waals surface area contributed by atoms with Crippen LogP contribution in [0, 0.1) is 0 Å². The van der Waals surface area contributed by atoms with Gasteiger partial charge in [-0.3, -0.25) is 4.79 Å². The van der Waals surface area contributed by atoms with E-state index in [1.807, 2.05) is 29.0 Å². The minimum Gasteiger partial charge on any atom is -0.361 e. The molecule has 0 aliphatic heterocycles. The summed E-state index contributed by atoms with van der Waals surface area (Å²) in [5.74, 6) is 0.401. The number of nitrogens with one attached hydrogen (secondary N) is 3. The van der Waals surface area contributed by atoms with Crippen LogP contribution in [-0.2, 0) is 0 Å². The fourth-order valence-corrected chi connectivity index (χ4v) is 5.21. The molecule has 9 heteroatoms. The highest BCUT2D eigenvalue weighted by atomic mass is 32.1. The van der Waals surface area contributed by atoms with Crippen molar-refractivity contribution in [2.75, 3.05) is 18.4 Å². The number of carbonyl (C=O) groups is 1. The van der Waals surface area contributed by atoms with Gasteiger partial charge in [0.1, 0.15) is 5.69 Å². The van der Waals surface area contributed by atoms with E-state index in [0.717, 1.165) is 10.2 Å². The van der Waals surface area contributed by atoms with Gasteiger partial charge in [0.2, 0.25) is 11.7 Å². The first-order valence-corrected chi connectivity index (χ1v) is 12.0. The number of hydrogen-bond acceptors (Lipinski definition) is 7. The molecule has 152 valence electrons. The lowest BCUT2D eigenvalue weighted by Gasteiger charge is -2.24. The van der Waals surface area contributed by atoms with Gasteiger partial charge in [0.05, 0.1) is 15.1 Å². The van der Waals surface area contributed by atoms with E-state index in [2.05, 4.69) is 25.9 Å². The Balaban J connectivity index is 1.34. The Morgan fingerprint density at radius 3 is 2.76 bits per heavy atom. The smallest absolute Gasteiger partial charge is 0.224 e. The highest BCUT2D eigenvalue weighted by molar-refractivity contribution is 7.80. The molecule has 0 saturated heterocycles. The van der Waals surface area contributed by atoms with Crippen molar-refractivity contribution in [1.29, 1.82) is 0 Å². The molecular formula is C20H23N5OS3. The molecule has 3 N–H and O–H groups in total. The Labute approximate surface area is 183 Å². The maximum absolute atomic E-state index is 12.8. The third kappa shape index (κ3) is 5.09. The van der Waals surface area contributed by atoms with Gasteiger partial charge in [0, 0.05) is 19.1 Å². The summed E-state index contributed by atoms with van der Waals surface area (Å²) in [4.78, 5) is 22.6. The van der Waals surface area contributed by atoms with E-state index < -0.39 is 0 Å². The van der Waals surface area contributed by atoms with Gasteiger partial charge in [0.25, 0.3) is 0 Å². The van der Waals surface area contributed by atoms with Crippen molar-refractivity contribution in [2.24, 2.45) is 0 Å². The van der Waals surface area contributed by atoms with Crippen LogP contribution in [0.4, 0.5) is 5.95 Å². The standard InChI is InChI=1S/C20H23N5OS3/c26-17(15-7-4-11-28-15)16-18-14(8-12-29-18)24-19(25-16)21-9-10-22-20(27)23-13-5-2-1-3-6-13/h4,7-8,11-13H,1-3,5-6,9-10H2,(H,21,24,25)(H2,22,23,27). The van der Waals surface area contributed by atoms with Crippen molar-refractivity contribution < 1.29 is 4.79 Å². The molecule has 1 aliphatic rings. The summed E-state index contributed by atoms with van der Waals surface area (Å²) in [6.07, 6.45) is 6.26. The summed E-state index contributed by atoms with van der Waals surface area (Å²) in [6.45, 7) is 1.26. The van der Waals surface area contributed by atoms with Crippen LogP contribution in [0.25, 0.3) is 10.2 Å². The lowest BCUT2D eigenvalue weighted by Crippen LogP contribution is -2.44. The third-order valence-corrected chi connectivity index (χ3v) is 6.94. The Hall–Kier alpha value is -2.10. The second kappa shape index (κ2) is 9.60. The normalized spacial score (nSPS) is 14.6. The highest BCUT2D eigenvalue weighted by Crippen LogP contribution is 2.26. The fraction of sp³-hybridized carbons (Fsp3) is 0.400. The molecule has 1 saturated carbocycles. The predicted molar refractivity (Wildman–Crippen MR) is 124 cm³/mol. The van der Waals surface area contributed by atoms with Crippen molar-refractivity contribution in [3.05, 3.63) is 39.5 Å². The summed E-state index contributed by atoms with van der Waals surface area (Å²) in [7, 11) is 0. The van der Waals surface area contributed by atoms with Crippen LogP contribution >= 0.6 is 34.9 Å². The van der Waals surface area contributed by atoms with Crippen LogP contribution in [0.15, 0.2) is 29.0 Å². The van der Waals surface area contributed by atoms with Gasteiger partial charge in [-0.2, -0.15) is 0 Å². The summed E-state index contributed by atoms with van der Waals surface area (Å²) < 4.78 is 0.824. The first-order chi connectivity index (χ1) is 14.2. The van der Waals surface area contributed by atoms with Gasteiger partial charge in [-0.15, -0.1) is 22.7 Å². The molecule has 0 unspecified atom stereocenters. The van der Waals surface area contributed by atoms with E-state index in [9.17, 15) is 4.79 Å². The molecule has 4 rings (SSSR count). The predicted octanol–water partition coefficient (Wildman–Crippen LogP) is 4.19. The summed E-state index contributed by atoms with van der Waals surface area (Å²) in [5.41, 5.74) is 1.24. The maximum Gasteiger partial charge on any atom is 0.224 e. The summed E-state index contributed by atoms with van der Waals surface area (Å²) in [5, 5.41) is 14.4. The van der Waals surface area contributed by atoms with Crippen molar-refractivity contribution in [2.45, 2.75) is 38.1 Å². The first kappa shape index (κ1) is 20.2. The quantitative estimate of drug-likeness (QED) is 0.286. The van der Waals surface area contributed by atoms with Gasteiger partial charge in [0.15, 0.2) is 5.11 Å². The fourth-order valence-electron chi connectivity index (χ4n) is 3.45. The average Bonchev–Trinajstić information content (AvgIpc) is 3.43. The zero-order valence-electron chi connectivity index (χ0n) is 15.9. The zero-order chi connectivity index (χ0) is 20.1. The molecule has 3 aromatic rings. The second-order valence-corrected chi connectivity index (χ2v) is 9.27. The van der Waals surface area contributed by atoms with Crippen LogP contribution in [0.1, 0.15) is 47.5 Å². The lowest BCUT2D eigenvalue weighted by atomic mass is 9.96. The Morgan fingerprint density at radius 2 is 1.97 bits per heavy atom. The summed E-state index contributed by atoms with van der Waals surface area (Å²) >= 11 is 8.31. The van der Waals surface area contributed by atoms with Crippen LogP contribution in [0.3, 0.4) is 0 Å². The molecule has 0 atom stereocenters. The van der Waals surface area contributed by atoms with E-state index in [0.29, 0.717) is 40.8 Å². The number of hydrogen-bond donors (Lipinski definition) is 3. The average molecular weight is 446 g/mol. The van der Waals surface area contributed by atoms with Crippen molar-refractivity contribution in [3.63, 3.8) is 0 Å². The molecule has 0 aromatic carbocycles. The van der Waals surface area contributed by atoms with E-state index >= 15 is 0 Å². The molecule has 1 fully saturated rings. The molecule has 6 nitrogen and oxygen atoms in total. The number of thiocarbonyl (C=S) groups is 1. The first-order valence-electron chi connectivity index (χ1n) is 9.82. The molecule has 3 aromatic heterocycles. The number of rotatable bonds is 7. The van der Waals surface area contributed by atoms with Crippen LogP contribution in [0.5, 0.6) is 0 Å². The van der Waals surface area contributed by atoms with E-state index in [1.165, 1.54) is 54.8 Å². The number of fused-ring (bicyclic) bond motifs is 1. The van der Waals surface area contributed by atoms with E-state index in [4.69, 9.17) is 12.2 Å². The van der Waals surface area contributed by atoms with Crippen LogP contribution in [0.2, 0.25) is 0 Å². The molecule has 0 amide bonds. The number of carbonyl (C=O) groups excluding carboxylic acids is 1. The topological polar surface area (TPSA) is 78.9 Å². The second-order valence-electron chi connectivity index (χ2n) is 7.00. The van der Waals surface area contributed by atoms with Crippen molar-refractivity contribution >= 4 is 62.0 Å². The van der Waals surface area contributed by atoms with Crippen LogP contribution < -0.4 is 16.0 Å².